The molecule has 1 aromatic heterocycles. The maximum atomic E-state index is 12.9. The van der Waals surface area contributed by atoms with Gasteiger partial charge >= 0.3 is 5.97 Å². The molecule has 2 heterocycles. The Hall–Kier alpha value is -2.69. The summed E-state index contributed by atoms with van der Waals surface area (Å²) in [5.74, 6) is -1.94. The molecule has 0 saturated heterocycles. The molecule has 8 heteroatoms. The minimum absolute atomic E-state index is 0.0607. The molecule has 0 amide bonds. The molecule has 6 nitrogen and oxygen atoms in total. The Morgan fingerprint density at radius 1 is 1.44 bits per heavy atom. The van der Waals surface area contributed by atoms with Crippen LogP contribution < -0.4 is 0 Å². The lowest BCUT2D eigenvalue weighted by Crippen LogP contribution is -2.19. The van der Waals surface area contributed by atoms with Crippen molar-refractivity contribution in [3.8, 4) is 6.07 Å². The van der Waals surface area contributed by atoms with Crippen LogP contribution in [-0.2, 0) is 4.79 Å². The monoisotopic (exact) mass is 374 g/mol. The van der Waals surface area contributed by atoms with Gasteiger partial charge < -0.3 is 10.2 Å². The molecule has 0 fully saturated rings. The van der Waals surface area contributed by atoms with Gasteiger partial charge in [0.1, 0.15) is 16.7 Å². The summed E-state index contributed by atoms with van der Waals surface area (Å²) in [5.41, 5.74) is 1.62. The third kappa shape index (κ3) is 2.90. The maximum Gasteiger partial charge on any atom is 0.307 e. The number of aliphatic hydroxyl groups is 1. The fourth-order valence-electron chi connectivity index (χ4n) is 2.82. The van der Waals surface area contributed by atoms with Crippen LogP contribution in [0.2, 0.25) is 0 Å². The fraction of sp³-hybridized carbons (Fsp3) is 0.176. The number of thiophene rings is 1. The lowest BCUT2D eigenvalue weighted by Gasteiger charge is -2.19. The van der Waals surface area contributed by atoms with Gasteiger partial charge in [-0.2, -0.15) is 5.26 Å². The van der Waals surface area contributed by atoms with Crippen molar-refractivity contribution in [2.24, 2.45) is 4.99 Å². The van der Waals surface area contributed by atoms with Gasteiger partial charge in [-0.05, 0) is 24.6 Å². The summed E-state index contributed by atoms with van der Waals surface area (Å²) in [6.07, 6.45) is -0.183. The number of carbonyl (C=O) groups excluding carboxylic acids is 1. The number of nitrogens with zero attached hydrogens (tertiary/aromatic N) is 2. The molecular weight excluding hydrogens is 364 g/mol. The van der Waals surface area contributed by atoms with Crippen molar-refractivity contribution < 1.29 is 19.8 Å². The smallest absolute Gasteiger partial charge is 0.307 e. The normalized spacial score (nSPS) is 16.8. The van der Waals surface area contributed by atoms with E-state index in [1.165, 1.54) is 12.1 Å². The maximum absolute atomic E-state index is 12.9. The summed E-state index contributed by atoms with van der Waals surface area (Å²) in [6, 6.07) is 4.96. The number of carboxylic acids is 1. The Labute approximate surface area is 151 Å². The lowest BCUT2D eigenvalue weighted by atomic mass is 9.86. The zero-order valence-electron chi connectivity index (χ0n) is 13.0. The molecule has 126 valence electrons. The quantitative estimate of drug-likeness (QED) is 0.780. The molecule has 1 aliphatic heterocycles. The first kappa shape index (κ1) is 17.1. The number of allylic oxidation sites excluding steroid dienone is 4. The van der Waals surface area contributed by atoms with Crippen molar-refractivity contribution in [2.75, 3.05) is 0 Å². The minimum atomic E-state index is -1.06. The molecule has 0 spiro atoms. The number of ketones is 1. The van der Waals surface area contributed by atoms with Crippen molar-refractivity contribution in [3.63, 3.8) is 0 Å². The second kappa shape index (κ2) is 6.31. The van der Waals surface area contributed by atoms with E-state index in [0.717, 1.165) is 11.3 Å². The van der Waals surface area contributed by atoms with E-state index in [1.54, 1.807) is 6.92 Å². The van der Waals surface area contributed by atoms with E-state index in [9.17, 15) is 14.7 Å². The Morgan fingerprint density at radius 2 is 2.16 bits per heavy atom. The lowest BCUT2D eigenvalue weighted by molar-refractivity contribution is -0.136. The van der Waals surface area contributed by atoms with Gasteiger partial charge in [-0.3, -0.25) is 14.6 Å². The summed E-state index contributed by atoms with van der Waals surface area (Å²) < 4.78 is 0. The van der Waals surface area contributed by atoms with Gasteiger partial charge in [-0.1, -0.05) is 11.6 Å². The number of fused-ring (bicyclic) bond motifs is 1. The molecule has 1 aliphatic carbocycles. The second-order valence-corrected chi connectivity index (χ2v) is 7.02. The van der Waals surface area contributed by atoms with Crippen molar-refractivity contribution >= 4 is 40.4 Å². The fourth-order valence-corrected chi connectivity index (χ4v) is 3.79. The number of aliphatic carboxylic acids is 1. The van der Waals surface area contributed by atoms with Crippen LogP contribution in [0.1, 0.15) is 34.3 Å². The predicted molar refractivity (Wildman–Crippen MR) is 92.9 cm³/mol. The number of hydrogen-bond acceptors (Lipinski definition) is 6. The average molecular weight is 375 g/mol. The van der Waals surface area contributed by atoms with Gasteiger partial charge in [0.2, 0.25) is 5.78 Å². The van der Waals surface area contributed by atoms with Gasteiger partial charge in [-0.15, -0.1) is 11.3 Å². The summed E-state index contributed by atoms with van der Waals surface area (Å²) in [7, 11) is 0. The van der Waals surface area contributed by atoms with Crippen molar-refractivity contribution in [1.29, 1.82) is 5.26 Å². The average Bonchev–Trinajstić information content (AvgIpc) is 3.14. The van der Waals surface area contributed by atoms with Crippen LogP contribution in [0.4, 0.5) is 0 Å². The number of rotatable bonds is 4. The van der Waals surface area contributed by atoms with Crippen LogP contribution in [0, 0.1) is 11.3 Å². The first-order chi connectivity index (χ1) is 11.8. The van der Waals surface area contributed by atoms with Gasteiger partial charge in [0.15, 0.2) is 0 Å². The number of nitriles is 1. The molecule has 25 heavy (non-hydrogen) atoms. The standard InChI is InChI=1S/C17H11ClN2O4S/c1-7-9(4-13(21)22)14-11(20-7)5-10(18)16(23)15(14)17(24)12-3-2-8(6-19)25-12/h2-3,23H,4-5H2,1H3,(H,21,22). The van der Waals surface area contributed by atoms with Crippen molar-refractivity contribution in [1.82, 2.24) is 0 Å². The largest absolute Gasteiger partial charge is 0.506 e. The Kier molecular flexibility index (Phi) is 4.33. The highest BCUT2D eigenvalue weighted by atomic mass is 35.5. The van der Waals surface area contributed by atoms with Crippen molar-refractivity contribution in [2.45, 2.75) is 19.8 Å². The van der Waals surface area contributed by atoms with Crippen LogP contribution in [0.15, 0.2) is 50.3 Å². The van der Waals surface area contributed by atoms with Crippen LogP contribution >= 0.6 is 22.9 Å². The summed E-state index contributed by atoms with van der Waals surface area (Å²) in [5, 5.41) is 28.6. The highest BCUT2D eigenvalue weighted by molar-refractivity contribution is 7.14. The highest BCUT2D eigenvalue weighted by Crippen LogP contribution is 2.41. The highest BCUT2D eigenvalue weighted by Gasteiger charge is 2.36. The van der Waals surface area contributed by atoms with Gasteiger partial charge in [0.05, 0.1) is 27.6 Å². The Balaban J connectivity index is 2.19. The topological polar surface area (TPSA) is 111 Å². The van der Waals surface area contributed by atoms with E-state index in [1.807, 2.05) is 6.07 Å². The molecule has 1 aromatic rings. The second-order valence-electron chi connectivity index (χ2n) is 5.48. The summed E-state index contributed by atoms with van der Waals surface area (Å²) in [6.45, 7) is 1.66. The number of Topliss-reactive ketones (excluding diaryl/α,β-unsaturated/α-hetero) is 1. The molecule has 0 unspecified atom stereocenters. The summed E-state index contributed by atoms with van der Waals surface area (Å²) >= 11 is 7.07. The number of aliphatic imine (C=N–C) groups is 1. The number of hydrogen-bond donors (Lipinski definition) is 2. The first-order valence-corrected chi connectivity index (χ1v) is 8.39. The molecule has 0 aromatic carbocycles. The number of halogens is 1. The number of carboxylic acid groups (broad SMARTS) is 1. The van der Waals surface area contributed by atoms with E-state index >= 15 is 0 Å². The van der Waals surface area contributed by atoms with E-state index in [0.29, 0.717) is 27.4 Å². The molecule has 0 saturated carbocycles. The van der Waals surface area contributed by atoms with E-state index < -0.39 is 11.8 Å². The molecular formula is C17H11ClN2O4S. The van der Waals surface area contributed by atoms with Gasteiger partial charge in [0, 0.05) is 17.7 Å². The molecule has 2 aliphatic rings. The molecule has 0 radical (unpaired) electrons. The predicted octanol–water partition coefficient (Wildman–Crippen LogP) is 3.71. The van der Waals surface area contributed by atoms with E-state index in [4.69, 9.17) is 22.0 Å². The SMILES string of the molecule is CC1=C(CC(=O)O)C2=C(C(=O)c3ccc(C#N)s3)C(O)=C(Cl)CC2=N1. The van der Waals surface area contributed by atoms with Crippen LogP contribution in [-0.4, -0.2) is 27.7 Å². The molecule has 2 N–H and O–H groups in total. The Bertz CT molecular complexity index is 989. The minimum Gasteiger partial charge on any atom is -0.506 e. The molecule has 0 bridgehead atoms. The molecule has 3 rings (SSSR count). The van der Waals surface area contributed by atoms with E-state index in [-0.39, 0.29) is 34.1 Å². The number of carbonyl (C=O) groups is 2. The van der Waals surface area contributed by atoms with Crippen LogP contribution in [0.3, 0.4) is 0 Å². The van der Waals surface area contributed by atoms with Gasteiger partial charge in [-0.25, -0.2) is 0 Å². The summed E-state index contributed by atoms with van der Waals surface area (Å²) in [4.78, 5) is 29.1. The van der Waals surface area contributed by atoms with Crippen LogP contribution in [0.25, 0.3) is 0 Å². The third-order valence-electron chi connectivity index (χ3n) is 3.89. The molecule has 0 atom stereocenters. The first-order valence-electron chi connectivity index (χ1n) is 7.20. The zero-order valence-corrected chi connectivity index (χ0v) is 14.5. The Morgan fingerprint density at radius 3 is 2.76 bits per heavy atom. The third-order valence-corrected chi connectivity index (χ3v) is 5.19. The zero-order chi connectivity index (χ0) is 18.3. The van der Waals surface area contributed by atoms with Crippen LogP contribution in [0.5, 0.6) is 0 Å². The van der Waals surface area contributed by atoms with Gasteiger partial charge in [0.25, 0.3) is 0 Å². The van der Waals surface area contributed by atoms with E-state index in [2.05, 4.69) is 4.99 Å². The van der Waals surface area contributed by atoms with Crippen molar-refractivity contribution in [3.05, 3.63) is 55.1 Å². The number of aliphatic hydroxyl groups excluding tert-OH is 1.